The van der Waals surface area contributed by atoms with Crippen LogP contribution in [0, 0.1) is 6.92 Å². The van der Waals surface area contributed by atoms with E-state index in [2.05, 4.69) is 79.1 Å². The third-order valence-electron chi connectivity index (χ3n) is 3.51. The van der Waals surface area contributed by atoms with Crippen LogP contribution in [-0.4, -0.2) is 0 Å². The summed E-state index contributed by atoms with van der Waals surface area (Å²) in [6, 6.07) is 21.3. The van der Waals surface area contributed by atoms with E-state index >= 15 is 0 Å². The summed E-state index contributed by atoms with van der Waals surface area (Å²) in [5.74, 6) is 0. The third-order valence-corrected chi connectivity index (χ3v) is 4.66. The summed E-state index contributed by atoms with van der Waals surface area (Å²) in [5.41, 5.74) is 3.92. The lowest BCUT2D eigenvalue weighted by atomic mass is 10.1. The van der Waals surface area contributed by atoms with Crippen LogP contribution in [0.15, 0.2) is 60.7 Å². The topological polar surface area (TPSA) is 3.88 Å². The Balaban J connectivity index is 0.00000161. The lowest BCUT2D eigenvalue weighted by Crippen LogP contribution is -3.00. The molecule has 0 aliphatic heterocycles. The molecule has 0 fully saturated rings. The summed E-state index contributed by atoms with van der Waals surface area (Å²) in [7, 11) is 0. The van der Waals surface area contributed by atoms with Crippen molar-refractivity contribution in [2.75, 3.05) is 0 Å². The second kappa shape index (κ2) is 7.18. The first kappa shape index (κ1) is 16.2. The van der Waals surface area contributed by atoms with Crippen molar-refractivity contribution in [2.24, 2.45) is 0 Å². The van der Waals surface area contributed by atoms with Gasteiger partial charge in [0.1, 0.15) is 11.4 Å². The molecular weight excluding hydrogens is 389 g/mol. The van der Waals surface area contributed by atoms with Crippen molar-refractivity contribution in [3.63, 3.8) is 0 Å². The molecule has 1 aromatic heterocycles. The van der Waals surface area contributed by atoms with Gasteiger partial charge in [-0.3, -0.25) is 0 Å². The van der Waals surface area contributed by atoms with Gasteiger partial charge in [-0.15, -0.1) is 0 Å². The van der Waals surface area contributed by atoms with Gasteiger partial charge in [0, 0.05) is 12.5 Å². The number of aryl methyl sites for hydroxylation is 1. The number of hydrogen-bond donors (Lipinski definition) is 0. The molecule has 3 heteroatoms. The van der Waals surface area contributed by atoms with Gasteiger partial charge in [0.25, 0.3) is 0 Å². The Hall–Kier alpha value is -1.20. The number of rotatable bonds is 3. The first-order valence-corrected chi connectivity index (χ1v) is 7.77. The molecule has 0 unspecified atom stereocenters. The summed E-state index contributed by atoms with van der Waals surface area (Å²) in [4.78, 5) is 1.36. The number of thiazole rings is 1. The van der Waals surface area contributed by atoms with Crippen molar-refractivity contribution in [1.82, 2.24) is 0 Å². The van der Waals surface area contributed by atoms with E-state index in [1.165, 1.54) is 26.7 Å². The summed E-state index contributed by atoms with van der Waals surface area (Å²) in [6.45, 7) is 5.41. The number of nitrogens with zero attached hydrogens (tertiary/aromatic N) is 1. The van der Waals surface area contributed by atoms with Crippen LogP contribution in [0.3, 0.4) is 0 Å². The Morgan fingerprint density at radius 1 is 0.857 bits per heavy atom. The quantitative estimate of drug-likeness (QED) is 0.460. The minimum atomic E-state index is 0. The molecule has 3 aromatic rings. The molecule has 0 aliphatic carbocycles. The van der Waals surface area contributed by atoms with Gasteiger partial charge in [0.05, 0.1) is 0 Å². The number of hydrogen-bond acceptors (Lipinski definition) is 1. The van der Waals surface area contributed by atoms with E-state index in [1.54, 1.807) is 0 Å². The molecule has 1 nitrogen and oxygen atoms in total. The van der Waals surface area contributed by atoms with Gasteiger partial charge < -0.3 is 24.0 Å². The van der Waals surface area contributed by atoms with Crippen LogP contribution in [0.1, 0.15) is 11.9 Å². The summed E-state index contributed by atoms with van der Waals surface area (Å²) < 4.78 is 2.41. The van der Waals surface area contributed by atoms with Crippen LogP contribution >= 0.6 is 11.3 Å². The average molecular weight is 407 g/mol. The van der Waals surface area contributed by atoms with Crippen molar-refractivity contribution < 1.29 is 28.5 Å². The van der Waals surface area contributed by atoms with E-state index in [0.717, 1.165) is 6.54 Å². The second-order valence-corrected chi connectivity index (χ2v) is 5.98. The maximum Gasteiger partial charge on any atom is 0.235 e. The van der Waals surface area contributed by atoms with Gasteiger partial charge in [0.2, 0.25) is 10.7 Å². The Morgan fingerprint density at radius 2 is 1.38 bits per heavy atom. The van der Waals surface area contributed by atoms with Crippen molar-refractivity contribution in [2.45, 2.75) is 20.4 Å². The highest BCUT2D eigenvalue weighted by molar-refractivity contribution is 7.15. The fourth-order valence-corrected chi connectivity index (χ4v) is 3.78. The van der Waals surface area contributed by atoms with Crippen LogP contribution in [0.25, 0.3) is 21.7 Å². The largest absolute Gasteiger partial charge is 1.00 e. The molecule has 0 amide bonds. The zero-order chi connectivity index (χ0) is 13.9. The van der Waals surface area contributed by atoms with Crippen LogP contribution in [0.2, 0.25) is 0 Å². The third kappa shape index (κ3) is 3.19. The molecule has 0 N–H and O–H groups in total. The molecule has 1 heterocycles. The molecule has 0 aliphatic rings. The van der Waals surface area contributed by atoms with Gasteiger partial charge in [-0.1, -0.05) is 59.9 Å². The first-order chi connectivity index (χ1) is 9.81. The number of halogens is 1. The predicted molar refractivity (Wildman–Crippen MR) is 85.8 cm³/mol. The van der Waals surface area contributed by atoms with E-state index in [4.69, 9.17) is 0 Å². The molecule has 0 spiro atoms. The maximum atomic E-state index is 2.41. The second-order valence-electron chi connectivity index (χ2n) is 4.78. The molecule has 0 radical (unpaired) electrons. The van der Waals surface area contributed by atoms with Gasteiger partial charge in [0.15, 0.2) is 0 Å². The Bertz CT molecular complexity index is 705. The van der Waals surface area contributed by atoms with Crippen molar-refractivity contribution in [1.29, 1.82) is 0 Å². The fourth-order valence-electron chi connectivity index (χ4n) is 2.58. The summed E-state index contributed by atoms with van der Waals surface area (Å²) in [5, 5.41) is 1.35. The van der Waals surface area contributed by atoms with Crippen molar-refractivity contribution in [3.05, 3.63) is 65.7 Å². The smallest absolute Gasteiger partial charge is 0.235 e. The van der Waals surface area contributed by atoms with E-state index in [0.29, 0.717) is 0 Å². The van der Waals surface area contributed by atoms with E-state index < -0.39 is 0 Å². The predicted octanol–water partition coefficient (Wildman–Crippen LogP) is 1.70. The minimum Gasteiger partial charge on any atom is -1.00 e. The highest BCUT2D eigenvalue weighted by atomic mass is 127. The molecule has 0 bridgehead atoms. The lowest BCUT2D eigenvalue weighted by molar-refractivity contribution is -0.683. The molecule has 0 saturated carbocycles. The van der Waals surface area contributed by atoms with Crippen LogP contribution < -0.4 is 28.5 Å². The Labute approximate surface area is 147 Å². The van der Waals surface area contributed by atoms with Crippen LogP contribution in [0.4, 0.5) is 0 Å². The van der Waals surface area contributed by atoms with Crippen LogP contribution in [-0.2, 0) is 6.54 Å². The normalized spacial score (nSPS) is 10.2. The van der Waals surface area contributed by atoms with Gasteiger partial charge >= 0.3 is 0 Å². The SMILES string of the molecule is CC[n+]1c(C)sc(-c2ccccc2)c1-c1ccccc1.[I-]. The van der Waals surface area contributed by atoms with Gasteiger partial charge in [-0.25, -0.2) is 0 Å². The van der Waals surface area contributed by atoms with Crippen molar-refractivity contribution in [3.8, 4) is 21.7 Å². The number of benzene rings is 2. The monoisotopic (exact) mass is 407 g/mol. The lowest BCUT2D eigenvalue weighted by Gasteiger charge is -2.02. The zero-order valence-corrected chi connectivity index (χ0v) is 15.2. The minimum absolute atomic E-state index is 0. The highest BCUT2D eigenvalue weighted by Gasteiger charge is 2.24. The van der Waals surface area contributed by atoms with E-state index in [9.17, 15) is 0 Å². The van der Waals surface area contributed by atoms with E-state index in [1.807, 2.05) is 11.3 Å². The maximum absolute atomic E-state index is 2.41. The zero-order valence-electron chi connectivity index (χ0n) is 12.2. The Kier molecular flexibility index (Phi) is 5.53. The molecule has 3 rings (SSSR count). The fraction of sp³-hybridized carbons (Fsp3) is 0.167. The van der Waals surface area contributed by atoms with Gasteiger partial charge in [-0.2, -0.15) is 4.57 Å². The summed E-state index contributed by atoms with van der Waals surface area (Å²) >= 11 is 1.88. The van der Waals surface area contributed by atoms with Crippen molar-refractivity contribution >= 4 is 11.3 Å². The standard InChI is InChI=1S/C18H18NS.HI/c1-3-19-14(2)20-18(16-12-8-5-9-13-16)17(19)15-10-6-4-7-11-15;/h4-13H,3H2,1-2H3;1H/q+1;/p-1. The first-order valence-electron chi connectivity index (χ1n) is 6.95. The van der Waals surface area contributed by atoms with Gasteiger partial charge in [-0.05, 0) is 24.6 Å². The van der Waals surface area contributed by atoms with Crippen LogP contribution in [0.5, 0.6) is 0 Å². The Morgan fingerprint density at radius 3 is 1.90 bits per heavy atom. The molecule has 108 valence electrons. The van der Waals surface area contributed by atoms with E-state index in [-0.39, 0.29) is 24.0 Å². The molecule has 21 heavy (non-hydrogen) atoms. The molecule has 0 atom stereocenters. The molecular formula is C18H18INS. The average Bonchev–Trinajstić information content (AvgIpc) is 2.85. The summed E-state index contributed by atoms with van der Waals surface area (Å²) in [6.07, 6.45) is 0. The molecule has 0 saturated heterocycles. The highest BCUT2D eigenvalue weighted by Crippen LogP contribution is 2.35. The molecule has 2 aromatic carbocycles. The number of aromatic nitrogens is 1.